The highest BCUT2D eigenvalue weighted by molar-refractivity contribution is 5.98. The fourth-order valence-electron chi connectivity index (χ4n) is 2.29. The van der Waals surface area contributed by atoms with E-state index in [2.05, 4.69) is 22.1 Å². The molecule has 1 aromatic rings. The molecule has 3 N–H and O–H groups in total. The van der Waals surface area contributed by atoms with E-state index in [0.717, 1.165) is 26.1 Å². The second-order valence-corrected chi connectivity index (χ2v) is 4.72. The van der Waals surface area contributed by atoms with Crippen LogP contribution < -0.4 is 11.1 Å². The first-order chi connectivity index (χ1) is 8.70. The number of aromatic nitrogens is 1. The molecule has 0 saturated carbocycles. The first-order valence-corrected chi connectivity index (χ1v) is 6.40. The number of carbonyl (C=O) groups is 1. The molecule has 0 radical (unpaired) electrons. The predicted octanol–water partition coefficient (Wildman–Crippen LogP) is 0.735. The summed E-state index contributed by atoms with van der Waals surface area (Å²) in [5, 5.41) is 2.94. The van der Waals surface area contributed by atoms with Gasteiger partial charge in [-0.1, -0.05) is 6.92 Å². The average Bonchev–Trinajstić information content (AvgIpc) is 2.84. The summed E-state index contributed by atoms with van der Waals surface area (Å²) < 4.78 is 0. The first kappa shape index (κ1) is 12.8. The zero-order valence-electron chi connectivity index (χ0n) is 10.7. The van der Waals surface area contributed by atoms with Crippen LogP contribution in [0.1, 0.15) is 23.7 Å². The van der Waals surface area contributed by atoms with Gasteiger partial charge in [0.1, 0.15) is 0 Å². The molecule has 98 valence electrons. The highest BCUT2D eigenvalue weighted by Crippen LogP contribution is 2.15. The molecule has 18 heavy (non-hydrogen) atoms. The number of rotatable bonds is 4. The summed E-state index contributed by atoms with van der Waals surface area (Å²) in [7, 11) is 0. The zero-order chi connectivity index (χ0) is 13.0. The lowest BCUT2D eigenvalue weighted by Crippen LogP contribution is -2.31. The van der Waals surface area contributed by atoms with Gasteiger partial charge in [-0.05, 0) is 31.5 Å². The number of hydrogen-bond donors (Lipinski definition) is 2. The number of pyridine rings is 1. The lowest BCUT2D eigenvalue weighted by molar-refractivity contribution is 0.0948. The summed E-state index contributed by atoms with van der Waals surface area (Å²) in [5.74, 6) is 0.419. The maximum absolute atomic E-state index is 11.9. The van der Waals surface area contributed by atoms with Crippen LogP contribution in [0.15, 0.2) is 18.5 Å². The normalized spacial score (nSPS) is 19.9. The van der Waals surface area contributed by atoms with Crippen LogP contribution in [0.4, 0.5) is 5.69 Å². The Kier molecular flexibility index (Phi) is 4.15. The van der Waals surface area contributed by atoms with E-state index >= 15 is 0 Å². The summed E-state index contributed by atoms with van der Waals surface area (Å²) in [6.07, 6.45) is 4.25. The molecule has 2 heterocycles. The third kappa shape index (κ3) is 2.98. The van der Waals surface area contributed by atoms with Gasteiger partial charge in [-0.15, -0.1) is 0 Å². The molecule has 1 unspecified atom stereocenters. The Balaban J connectivity index is 1.84. The lowest BCUT2D eigenvalue weighted by atomic mass is 10.1. The summed E-state index contributed by atoms with van der Waals surface area (Å²) in [4.78, 5) is 18.2. The minimum absolute atomic E-state index is 0.129. The molecule has 5 nitrogen and oxygen atoms in total. The third-order valence-corrected chi connectivity index (χ3v) is 3.47. The molecule has 5 heteroatoms. The van der Waals surface area contributed by atoms with Crippen LogP contribution in [0.2, 0.25) is 0 Å². The van der Waals surface area contributed by atoms with Gasteiger partial charge in [-0.25, -0.2) is 0 Å². The fourth-order valence-corrected chi connectivity index (χ4v) is 2.29. The first-order valence-electron chi connectivity index (χ1n) is 6.40. The van der Waals surface area contributed by atoms with Crippen LogP contribution in [0, 0.1) is 5.92 Å². The lowest BCUT2D eigenvalue weighted by Gasteiger charge is -2.14. The van der Waals surface area contributed by atoms with Gasteiger partial charge in [0.15, 0.2) is 0 Å². The molecule has 1 aliphatic rings. The molecule has 0 spiro atoms. The number of carbonyl (C=O) groups excluding carboxylic acids is 1. The van der Waals surface area contributed by atoms with Gasteiger partial charge >= 0.3 is 0 Å². The Labute approximate surface area is 107 Å². The van der Waals surface area contributed by atoms with Crippen LogP contribution in [-0.4, -0.2) is 42.0 Å². The molecule has 1 saturated heterocycles. The van der Waals surface area contributed by atoms with E-state index in [-0.39, 0.29) is 5.91 Å². The van der Waals surface area contributed by atoms with Crippen LogP contribution in [0.25, 0.3) is 0 Å². The van der Waals surface area contributed by atoms with E-state index in [4.69, 9.17) is 5.73 Å². The van der Waals surface area contributed by atoms with E-state index in [1.165, 1.54) is 6.20 Å². The minimum atomic E-state index is -0.129. The van der Waals surface area contributed by atoms with Gasteiger partial charge in [0, 0.05) is 31.2 Å². The van der Waals surface area contributed by atoms with E-state index < -0.39 is 0 Å². The molecule has 0 aliphatic carbocycles. The molecular weight excluding hydrogens is 228 g/mol. The van der Waals surface area contributed by atoms with Crippen LogP contribution in [-0.2, 0) is 0 Å². The summed E-state index contributed by atoms with van der Waals surface area (Å²) in [6, 6.07) is 1.64. The Morgan fingerprint density at radius 1 is 1.67 bits per heavy atom. The second kappa shape index (κ2) is 5.82. The van der Waals surface area contributed by atoms with Crippen molar-refractivity contribution in [2.75, 3.05) is 31.9 Å². The number of nitrogens with one attached hydrogen (secondary N) is 1. The van der Waals surface area contributed by atoms with Crippen molar-refractivity contribution in [3.63, 3.8) is 0 Å². The standard InChI is InChI=1S/C13H20N4O/c1-2-17-6-4-10(9-17)7-16-13(18)11-8-15-5-3-12(11)14/h3,5,8,10H,2,4,6-7,9H2,1H3,(H2,14,15)(H,16,18). The van der Waals surface area contributed by atoms with Crippen molar-refractivity contribution in [1.29, 1.82) is 0 Å². The quantitative estimate of drug-likeness (QED) is 0.824. The Hall–Kier alpha value is -1.62. The topological polar surface area (TPSA) is 71.2 Å². The van der Waals surface area contributed by atoms with Crippen LogP contribution in [0.5, 0.6) is 0 Å². The maximum Gasteiger partial charge on any atom is 0.254 e. The van der Waals surface area contributed by atoms with Gasteiger partial charge in [-0.2, -0.15) is 0 Å². The monoisotopic (exact) mass is 248 g/mol. The number of amides is 1. The van der Waals surface area contributed by atoms with Crippen molar-refractivity contribution in [2.45, 2.75) is 13.3 Å². The highest BCUT2D eigenvalue weighted by Gasteiger charge is 2.21. The minimum Gasteiger partial charge on any atom is -0.398 e. The predicted molar refractivity (Wildman–Crippen MR) is 71.2 cm³/mol. The van der Waals surface area contributed by atoms with E-state index in [1.54, 1.807) is 12.3 Å². The van der Waals surface area contributed by atoms with Crippen molar-refractivity contribution in [2.24, 2.45) is 5.92 Å². The Bertz CT molecular complexity index is 421. The molecule has 1 atom stereocenters. The maximum atomic E-state index is 11.9. The Morgan fingerprint density at radius 2 is 2.50 bits per heavy atom. The van der Waals surface area contributed by atoms with E-state index in [1.807, 2.05) is 0 Å². The molecular formula is C13H20N4O. The highest BCUT2D eigenvalue weighted by atomic mass is 16.1. The van der Waals surface area contributed by atoms with E-state index in [0.29, 0.717) is 23.7 Å². The number of nitrogens with zero attached hydrogens (tertiary/aromatic N) is 2. The van der Waals surface area contributed by atoms with Gasteiger partial charge in [0.2, 0.25) is 0 Å². The second-order valence-electron chi connectivity index (χ2n) is 4.72. The number of hydrogen-bond acceptors (Lipinski definition) is 4. The number of nitrogens with two attached hydrogens (primary N) is 1. The largest absolute Gasteiger partial charge is 0.398 e. The van der Waals surface area contributed by atoms with Gasteiger partial charge in [-0.3, -0.25) is 9.78 Å². The van der Waals surface area contributed by atoms with Gasteiger partial charge in [0.05, 0.1) is 5.56 Å². The smallest absolute Gasteiger partial charge is 0.254 e. The molecule has 0 aromatic carbocycles. The van der Waals surface area contributed by atoms with Crippen molar-refractivity contribution >= 4 is 11.6 Å². The molecule has 1 fully saturated rings. The van der Waals surface area contributed by atoms with Crippen molar-refractivity contribution in [3.05, 3.63) is 24.0 Å². The zero-order valence-corrected chi connectivity index (χ0v) is 10.7. The molecule has 1 aromatic heterocycles. The van der Waals surface area contributed by atoms with Crippen LogP contribution in [0.3, 0.4) is 0 Å². The Morgan fingerprint density at radius 3 is 3.17 bits per heavy atom. The average molecular weight is 248 g/mol. The van der Waals surface area contributed by atoms with Crippen LogP contribution >= 0.6 is 0 Å². The summed E-state index contributed by atoms with van der Waals surface area (Å²) >= 11 is 0. The number of likely N-dealkylation sites (tertiary alicyclic amines) is 1. The number of nitrogen functional groups attached to an aromatic ring is 1. The molecule has 0 bridgehead atoms. The molecule has 1 aliphatic heterocycles. The molecule has 2 rings (SSSR count). The SMILES string of the molecule is CCN1CCC(CNC(=O)c2cnccc2N)C1. The number of anilines is 1. The third-order valence-electron chi connectivity index (χ3n) is 3.47. The van der Waals surface area contributed by atoms with Crippen molar-refractivity contribution in [3.8, 4) is 0 Å². The van der Waals surface area contributed by atoms with E-state index in [9.17, 15) is 4.79 Å². The van der Waals surface area contributed by atoms with Crippen molar-refractivity contribution < 1.29 is 4.79 Å². The summed E-state index contributed by atoms with van der Waals surface area (Å²) in [6.45, 7) is 6.16. The summed E-state index contributed by atoms with van der Waals surface area (Å²) in [5.41, 5.74) is 6.68. The van der Waals surface area contributed by atoms with Gasteiger partial charge < -0.3 is 16.0 Å². The molecule has 1 amide bonds. The van der Waals surface area contributed by atoms with Gasteiger partial charge in [0.25, 0.3) is 5.91 Å². The van der Waals surface area contributed by atoms with Crippen molar-refractivity contribution in [1.82, 2.24) is 15.2 Å². The fraction of sp³-hybridized carbons (Fsp3) is 0.538.